The SMILES string of the molecule is CC.O=C(O)CCc1cc(Br)c(OCc2cccc(O)c2)c(Br)c1. The van der Waals surface area contributed by atoms with Crippen LogP contribution in [-0.2, 0) is 17.8 Å². The van der Waals surface area contributed by atoms with Crippen molar-refractivity contribution in [3.05, 3.63) is 56.5 Å². The molecule has 6 heteroatoms. The van der Waals surface area contributed by atoms with Crippen LogP contribution in [0.5, 0.6) is 11.5 Å². The number of aliphatic carboxylic acids is 1. The van der Waals surface area contributed by atoms with Gasteiger partial charge in [0, 0.05) is 6.42 Å². The van der Waals surface area contributed by atoms with E-state index in [1.54, 1.807) is 18.2 Å². The third kappa shape index (κ3) is 6.53. The van der Waals surface area contributed by atoms with Crippen LogP contribution in [0.2, 0.25) is 0 Å². The van der Waals surface area contributed by atoms with E-state index in [1.807, 2.05) is 32.0 Å². The van der Waals surface area contributed by atoms with Crippen molar-refractivity contribution in [1.29, 1.82) is 0 Å². The van der Waals surface area contributed by atoms with Gasteiger partial charge < -0.3 is 14.9 Å². The molecule has 0 heterocycles. The van der Waals surface area contributed by atoms with E-state index >= 15 is 0 Å². The number of carboxylic acids is 1. The summed E-state index contributed by atoms with van der Waals surface area (Å²) in [4.78, 5) is 10.6. The Morgan fingerprint density at radius 2 is 1.71 bits per heavy atom. The lowest BCUT2D eigenvalue weighted by Gasteiger charge is -2.12. The molecule has 0 aliphatic heterocycles. The van der Waals surface area contributed by atoms with Crippen molar-refractivity contribution < 1.29 is 19.7 Å². The molecule has 130 valence electrons. The molecule has 0 atom stereocenters. The Morgan fingerprint density at radius 1 is 1.08 bits per heavy atom. The third-order valence-corrected chi connectivity index (χ3v) is 4.16. The fraction of sp³-hybridized carbons (Fsp3) is 0.278. The maximum Gasteiger partial charge on any atom is 0.303 e. The first-order chi connectivity index (χ1) is 11.5. The molecule has 0 fully saturated rings. The van der Waals surface area contributed by atoms with Gasteiger partial charge in [-0.3, -0.25) is 4.79 Å². The Labute approximate surface area is 158 Å². The predicted octanol–water partition coefficient (Wildman–Crippen LogP) is 5.54. The van der Waals surface area contributed by atoms with Crippen LogP contribution < -0.4 is 4.74 Å². The molecule has 0 aliphatic carbocycles. The van der Waals surface area contributed by atoms with Crippen molar-refractivity contribution in [3.63, 3.8) is 0 Å². The molecule has 24 heavy (non-hydrogen) atoms. The maximum atomic E-state index is 10.6. The Kier molecular flexibility index (Phi) is 8.85. The summed E-state index contributed by atoms with van der Waals surface area (Å²) in [6.07, 6.45) is 0.543. The Bertz CT molecular complexity index is 663. The molecule has 0 saturated carbocycles. The number of benzene rings is 2. The topological polar surface area (TPSA) is 66.8 Å². The molecule has 4 nitrogen and oxygen atoms in total. The second kappa shape index (κ2) is 10.4. The van der Waals surface area contributed by atoms with Gasteiger partial charge in [-0.15, -0.1) is 0 Å². The number of carbonyl (C=O) groups is 1. The van der Waals surface area contributed by atoms with Gasteiger partial charge in [-0.05, 0) is 73.7 Å². The van der Waals surface area contributed by atoms with E-state index in [1.165, 1.54) is 0 Å². The largest absolute Gasteiger partial charge is 0.508 e. The van der Waals surface area contributed by atoms with Gasteiger partial charge in [-0.1, -0.05) is 26.0 Å². The second-order valence-corrected chi connectivity index (χ2v) is 6.45. The molecule has 2 N–H and O–H groups in total. The fourth-order valence-corrected chi connectivity index (χ4v) is 3.46. The van der Waals surface area contributed by atoms with Crippen LogP contribution in [0.15, 0.2) is 45.3 Å². The summed E-state index contributed by atoms with van der Waals surface area (Å²) in [5, 5.41) is 18.2. The summed E-state index contributed by atoms with van der Waals surface area (Å²) in [5.41, 5.74) is 1.76. The number of aryl methyl sites for hydroxylation is 1. The fourth-order valence-electron chi connectivity index (χ4n) is 1.95. The van der Waals surface area contributed by atoms with Gasteiger partial charge >= 0.3 is 5.97 Å². The first-order valence-corrected chi connectivity index (χ1v) is 9.14. The molecule has 0 amide bonds. The summed E-state index contributed by atoms with van der Waals surface area (Å²) in [6, 6.07) is 10.6. The molecule has 0 saturated heterocycles. The number of aromatic hydroxyl groups is 1. The summed E-state index contributed by atoms with van der Waals surface area (Å²) in [5.74, 6) is 0.0159. The van der Waals surface area contributed by atoms with E-state index in [0.717, 1.165) is 20.1 Å². The molecule has 0 bridgehead atoms. The lowest BCUT2D eigenvalue weighted by Crippen LogP contribution is -2.00. The van der Waals surface area contributed by atoms with Crippen LogP contribution in [0.3, 0.4) is 0 Å². The van der Waals surface area contributed by atoms with Crippen LogP contribution in [0.4, 0.5) is 0 Å². The molecule has 0 spiro atoms. The standard InChI is InChI=1S/C16H14Br2O4.C2H6/c17-13-7-10(4-5-15(20)21)8-14(18)16(13)22-9-11-2-1-3-12(19)6-11;1-2/h1-3,6-8,19H,4-5,9H2,(H,20,21);1-2H3. The zero-order chi connectivity index (χ0) is 18.1. The van der Waals surface area contributed by atoms with Crippen LogP contribution in [0.1, 0.15) is 31.4 Å². The quantitative estimate of drug-likeness (QED) is 0.595. The number of phenols is 1. The van der Waals surface area contributed by atoms with Gasteiger partial charge in [0.15, 0.2) is 0 Å². The van der Waals surface area contributed by atoms with Crippen LogP contribution >= 0.6 is 31.9 Å². The van der Waals surface area contributed by atoms with Crippen molar-refractivity contribution in [1.82, 2.24) is 0 Å². The molecule has 2 aromatic rings. The van der Waals surface area contributed by atoms with E-state index in [2.05, 4.69) is 31.9 Å². The third-order valence-electron chi connectivity index (χ3n) is 2.98. The predicted molar refractivity (Wildman–Crippen MR) is 102 cm³/mol. The molecular formula is C18H20Br2O4. The second-order valence-electron chi connectivity index (χ2n) is 4.74. The van der Waals surface area contributed by atoms with E-state index in [0.29, 0.717) is 18.8 Å². The number of ether oxygens (including phenoxy) is 1. The number of hydrogen-bond acceptors (Lipinski definition) is 3. The highest BCUT2D eigenvalue weighted by atomic mass is 79.9. The average molecular weight is 460 g/mol. The van der Waals surface area contributed by atoms with Gasteiger partial charge in [0.2, 0.25) is 0 Å². The molecular weight excluding hydrogens is 440 g/mol. The molecule has 2 aromatic carbocycles. The van der Waals surface area contributed by atoms with Gasteiger partial charge in [-0.2, -0.15) is 0 Å². The minimum absolute atomic E-state index is 0.0857. The summed E-state index contributed by atoms with van der Waals surface area (Å²) < 4.78 is 7.27. The molecule has 0 radical (unpaired) electrons. The Morgan fingerprint density at radius 3 is 2.25 bits per heavy atom. The number of rotatable bonds is 6. The van der Waals surface area contributed by atoms with E-state index in [9.17, 15) is 9.90 Å². The summed E-state index contributed by atoms with van der Waals surface area (Å²) in [6.45, 7) is 4.32. The van der Waals surface area contributed by atoms with Crippen molar-refractivity contribution >= 4 is 37.8 Å². The summed E-state index contributed by atoms with van der Waals surface area (Å²) >= 11 is 6.88. The molecule has 0 aliphatic rings. The first-order valence-electron chi connectivity index (χ1n) is 7.56. The first kappa shape index (κ1) is 20.5. The lowest BCUT2D eigenvalue weighted by atomic mass is 10.1. The zero-order valence-electron chi connectivity index (χ0n) is 13.6. The number of halogens is 2. The van der Waals surface area contributed by atoms with Crippen LogP contribution in [-0.4, -0.2) is 16.2 Å². The minimum Gasteiger partial charge on any atom is -0.508 e. The van der Waals surface area contributed by atoms with Gasteiger partial charge in [-0.25, -0.2) is 0 Å². The zero-order valence-corrected chi connectivity index (χ0v) is 16.7. The monoisotopic (exact) mass is 458 g/mol. The highest BCUT2D eigenvalue weighted by molar-refractivity contribution is 9.11. The van der Waals surface area contributed by atoms with E-state index < -0.39 is 5.97 Å². The van der Waals surface area contributed by atoms with Crippen LogP contribution in [0.25, 0.3) is 0 Å². The number of hydrogen-bond donors (Lipinski definition) is 2. The van der Waals surface area contributed by atoms with Crippen molar-refractivity contribution in [2.75, 3.05) is 0 Å². The minimum atomic E-state index is -0.823. The smallest absolute Gasteiger partial charge is 0.303 e. The summed E-state index contributed by atoms with van der Waals surface area (Å²) in [7, 11) is 0. The van der Waals surface area contributed by atoms with Gasteiger partial charge in [0.25, 0.3) is 0 Å². The average Bonchev–Trinajstić information content (AvgIpc) is 2.54. The maximum absolute atomic E-state index is 10.6. The Hall–Kier alpha value is -1.53. The highest BCUT2D eigenvalue weighted by Crippen LogP contribution is 2.35. The number of phenolic OH excluding ortho intramolecular Hbond substituents is 1. The molecule has 0 aromatic heterocycles. The highest BCUT2D eigenvalue weighted by Gasteiger charge is 2.10. The molecule has 2 rings (SSSR count). The van der Waals surface area contributed by atoms with Gasteiger partial charge in [0.05, 0.1) is 8.95 Å². The van der Waals surface area contributed by atoms with E-state index in [-0.39, 0.29) is 12.2 Å². The molecule has 0 unspecified atom stereocenters. The van der Waals surface area contributed by atoms with Gasteiger partial charge in [0.1, 0.15) is 18.1 Å². The van der Waals surface area contributed by atoms with E-state index in [4.69, 9.17) is 9.84 Å². The Balaban J connectivity index is 0.00000139. The normalized spacial score (nSPS) is 9.83. The van der Waals surface area contributed by atoms with Crippen molar-refractivity contribution in [3.8, 4) is 11.5 Å². The van der Waals surface area contributed by atoms with Crippen LogP contribution in [0, 0.1) is 0 Å². The van der Waals surface area contributed by atoms with Crippen molar-refractivity contribution in [2.24, 2.45) is 0 Å². The van der Waals surface area contributed by atoms with Crippen molar-refractivity contribution in [2.45, 2.75) is 33.3 Å². The lowest BCUT2D eigenvalue weighted by molar-refractivity contribution is -0.136. The number of carboxylic acid groups (broad SMARTS) is 1.